The predicted molar refractivity (Wildman–Crippen MR) is 125 cm³/mol. The standard InChI is InChI=1S/C11H10ClF3N4.C10H12ClN3O2/c1-16-6-5-17-8-4-7(12)18-19(8)9(6)10(2-3-10)11(13,14)15;11-9-3-7(14-6-15)4-13-10(9)16-8-1-2-12-5-8/h4-5,16H,2-3H2,1H3;3-4,6,8,12H,1-2,5H2,(H,14,15). The average molecular weight is 532 g/mol. The number of rotatable bonds is 6. The number of ether oxygens (including phenoxy) is 1. The molecule has 0 bridgehead atoms. The Morgan fingerprint density at radius 3 is 2.60 bits per heavy atom. The van der Waals surface area contributed by atoms with Gasteiger partial charge < -0.3 is 20.7 Å². The number of halogens is 5. The highest BCUT2D eigenvalue weighted by Crippen LogP contribution is 2.60. The zero-order valence-electron chi connectivity index (χ0n) is 18.5. The van der Waals surface area contributed by atoms with Crippen LogP contribution in [0.5, 0.6) is 5.88 Å². The van der Waals surface area contributed by atoms with E-state index in [1.54, 1.807) is 13.1 Å². The summed E-state index contributed by atoms with van der Waals surface area (Å²) in [5.41, 5.74) is -0.574. The minimum atomic E-state index is -4.31. The summed E-state index contributed by atoms with van der Waals surface area (Å²) in [6.45, 7) is 1.76. The number of hydrogen-bond donors (Lipinski definition) is 3. The molecule has 0 spiro atoms. The molecular formula is C21H22Cl2F3N7O2. The molecule has 1 saturated carbocycles. The van der Waals surface area contributed by atoms with Crippen LogP contribution in [0, 0.1) is 0 Å². The van der Waals surface area contributed by atoms with E-state index in [1.165, 1.54) is 23.0 Å². The third-order valence-electron chi connectivity index (χ3n) is 5.80. The van der Waals surface area contributed by atoms with Crippen LogP contribution in [0.3, 0.4) is 0 Å². The molecule has 4 heterocycles. The number of amides is 1. The second-order valence-corrected chi connectivity index (χ2v) is 8.89. The summed E-state index contributed by atoms with van der Waals surface area (Å²) >= 11 is 11.7. The SMILES string of the molecule is CNc1cnc2cc(Cl)nn2c1C1(C(F)(F)F)CC1.O=CNc1cnc(OC2CCNC2)c(Cl)c1. The van der Waals surface area contributed by atoms with Crippen molar-refractivity contribution in [1.82, 2.24) is 24.9 Å². The van der Waals surface area contributed by atoms with E-state index in [1.807, 2.05) is 0 Å². The third-order valence-corrected chi connectivity index (χ3v) is 6.25. The first-order valence-electron chi connectivity index (χ1n) is 10.7. The van der Waals surface area contributed by atoms with Gasteiger partial charge in [-0.15, -0.1) is 0 Å². The minimum absolute atomic E-state index is 0.0573. The first-order valence-corrected chi connectivity index (χ1v) is 11.5. The zero-order valence-corrected chi connectivity index (χ0v) is 20.0. The first kappa shape index (κ1) is 25.3. The summed E-state index contributed by atoms with van der Waals surface area (Å²) in [5.74, 6) is 0.409. The van der Waals surface area contributed by atoms with Crippen molar-refractivity contribution in [3.05, 3.63) is 40.4 Å². The molecule has 14 heteroatoms. The number of alkyl halides is 3. The lowest BCUT2D eigenvalue weighted by atomic mass is 10.00. The molecule has 3 aromatic heterocycles. The van der Waals surface area contributed by atoms with Gasteiger partial charge in [-0.3, -0.25) is 4.79 Å². The Balaban J connectivity index is 0.000000168. The third kappa shape index (κ3) is 5.24. The van der Waals surface area contributed by atoms with Gasteiger partial charge in [0.1, 0.15) is 16.5 Å². The Morgan fingerprint density at radius 2 is 2.03 bits per heavy atom. The summed E-state index contributed by atoms with van der Waals surface area (Å²) in [5, 5.41) is 12.9. The molecule has 3 N–H and O–H groups in total. The van der Waals surface area contributed by atoms with Crippen LogP contribution in [0.15, 0.2) is 24.5 Å². The van der Waals surface area contributed by atoms with Gasteiger partial charge in [-0.25, -0.2) is 14.5 Å². The number of nitrogens with zero attached hydrogens (tertiary/aromatic N) is 4. The van der Waals surface area contributed by atoms with E-state index in [0.29, 0.717) is 34.3 Å². The molecule has 3 aromatic rings. The molecule has 1 amide bonds. The highest BCUT2D eigenvalue weighted by molar-refractivity contribution is 6.32. The second-order valence-electron chi connectivity index (χ2n) is 8.09. The van der Waals surface area contributed by atoms with E-state index in [4.69, 9.17) is 27.9 Å². The molecule has 0 radical (unpaired) electrons. The highest BCUT2D eigenvalue weighted by Gasteiger charge is 2.66. The summed E-state index contributed by atoms with van der Waals surface area (Å²) in [6, 6.07) is 3.05. The maximum Gasteiger partial charge on any atom is 0.400 e. The molecule has 5 rings (SSSR count). The number of pyridine rings is 1. The number of anilines is 2. The molecule has 2 aliphatic rings. The molecule has 1 aliphatic carbocycles. The maximum absolute atomic E-state index is 13.3. The number of nitrogens with one attached hydrogen (secondary N) is 3. The molecule has 0 aromatic carbocycles. The Bertz CT molecular complexity index is 1210. The van der Waals surface area contributed by atoms with E-state index in [2.05, 4.69) is 31.0 Å². The maximum atomic E-state index is 13.3. The van der Waals surface area contributed by atoms with Crippen molar-refractivity contribution in [2.24, 2.45) is 0 Å². The Labute approximate surface area is 208 Å². The van der Waals surface area contributed by atoms with E-state index < -0.39 is 11.6 Å². The molecular weight excluding hydrogens is 510 g/mol. The Hall–Kier alpha value is -2.83. The first-order chi connectivity index (χ1) is 16.7. The monoisotopic (exact) mass is 531 g/mol. The van der Waals surface area contributed by atoms with Crippen LogP contribution in [0.4, 0.5) is 24.5 Å². The molecule has 35 heavy (non-hydrogen) atoms. The van der Waals surface area contributed by atoms with E-state index in [-0.39, 0.29) is 29.8 Å². The van der Waals surface area contributed by atoms with Crippen molar-refractivity contribution in [1.29, 1.82) is 0 Å². The van der Waals surface area contributed by atoms with E-state index in [0.717, 1.165) is 19.5 Å². The largest absolute Gasteiger partial charge is 0.472 e. The van der Waals surface area contributed by atoms with Crippen LogP contribution in [0.2, 0.25) is 10.2 Å². The fourth-order valence-electron chi connectivity index (χ4n) is 3.87. The molecule has 188 valence electrons. The smallest absolute Gasteiger partial charge is 0.400 e. The fourth-order valence-corrected chi connectivity index (χ4v) is 4.26. The summed E-state index contributed by atoms with van der Waals surface area (Å²) in [6.07, 6.45) is 0.345. The van der Waals surface area contributed by atoms with Gasteiger partial charge >= 0.3 is 6.18 Å². The molecule has 2 fully saturated rings. The lowest BCUT2D eigenvalue weighted by Gasteiger charge is -2.22. The van der Waals surface area contributed by atoms with Crippen molar-refractivity contribution < 1.29 is 22.7 Å². The predicted octanol–water partition coefficient (Wildman–Crippen LogP) is 4.06. The topological polar surface area (TPSA) is 105 Å². The van der Waals surface area contributed by atoms with Gasteiger partial charge in [-0.1, -0.05) is 23.2 Å². The van der Waals surface area contributed by atoms with Crippen LogP contribution in [0.25, 0.3) is 5.65 Å². The number of fused-ring (bicyclic) bond motifs is 1. The highest BCUT2D eigenvalue weighted by atomic mass is 35.5. The number of carbonyl (C=O) groups excluding carboxylic acids is 1. The van der Waals surface area contributed by atoms with Crippen LogP contribution < -0.4 is 20.7 Å². The second kappa shape index (κ2) is 10.0. The van der Waals surface area contributed by atoms with Crippen molar-refractivity contribution in [2.45, 2.75) is 37.0 Å². The van der Waals surface area contributed by atoms with Gasteiger partial charge in [0.25, 0.3) is 0 Å². The lowest BCUT2D eigenvalue weighted by molar-refractivity contribution is -0.161. The zero-order chi connectivity index (χ0) is 25.2. The Morgan fingerprint density at radius 1 is 1.26 bits per heavy atom. The number of carbonyl (C=O) groups is 1. The lowest BCUT2D eigenvalue weighted by Crippen LogP contribution is -2.32. The van der Waals surface area contributed by atoms with Crippen LogP contribution in [0.1, 0.15) is 25.0 Å². The Kier molecular flexibility index (Phi) is 7.25. The van der Waals surface area contributed by atoms with Gasteiger partial charge in [0.2, 0.25) is 12.3 Å². The van der Waals surface area contributed by atoms with E-state index in [9.17, 15) is 18.0 Å². The molecule has 1 aliphatic heterocycles. The summed E-state index contributed by atoms with van der Waals surface area (Å²) < 4.78 is 46.7. The van der Waals surface area contributed by atoms with Crippen molar-refractivity contribution >= 4 is 46.6 Å². The van der Waals surface area contributed by atoms with E-state index >= 15 is 0 Å². The number of aromatic nitrogens is 4. The minimum Gasteiger partial charge on any atom is -0.472 e. The van der Waals surface area contributed by atoms with Crippen LogP contribution in [-0.4, -0.2) is 58.4 Å². The summed E-state index contributed by atoms with van der Waals surface area (Å²) in [4.78, 5) is 18.3. The molecule has 1 atom stereocenters. The van der Waals surface area contributed by atoms with Crippen LogP contribution in [-0.2, 0) is 10.2 Å². The van der Waals surface area contributed by atoms with Crippen LogP contribution >= 0.6 is 23.2 Å². The van der Waals surface area contributed by atoms with Gasteiger partial charge in [0.15, 0.2) is 10.8 Å². The van der Waals surface area contributed by atoms with Gasteiger partial charge in [-0.05, 0) is 31.9 Å². The van der Waals surface area contributed by atoms with Crippen molar-refractivity contribution in [2.75, 3.05) is 30.8 Å². The molecule has 9 nitrogen and oxygen atoms in total. The molecule has 1 saturated heterocycles. The van der Waals surface area contributed by atoms with Gasteiger partial charge in [-0.2, -0.15) is 18.3 Å². The van der Waals surface area contributed by atoms with Crippen molar-refractivity contribution in [3.8, 4) is 5.88 Å². The molecule has 1 unspecified atom stereocenters. The normalized spacial score (nSPS) is 18.5. The van der Waals surface area contributed by atoms with Crippen molar-refractivity contribution in [3.63, 3.8) is 0 Å². The summed E-state index contributed by atoms with van der Waals surface area (Å²) in [7, 11) is 1.56. The average Bonchev–Trinajstić information content (AvgIpc) is 3.30. The quantitative estimate of drug-likeness (QED) is 0.412. The van der Waals surface area contributed by atoms with Gasteiger partial charge in [0, 0.05) is 19.7 Å². The number of hydrogen-bond acceptors (Lipinski definition) is 7. The van der Waals surface area contributed by atoms with Gasteiger partial charge in [0.05, 0.1) is 29.5 Å². The fraction of sp³-hybridized carbons (Fsp3) is 0.429.